The summed E-state index contributed by atoms with van der Waals surface area (Å²) in [7, 11) is 1.98. The molecule has 1 aromatic carbocycles. The van der Waals surface area contributed by atoms with Crippen LogP contribution in [-0.2, 0) is 18.4 Å². The maximum Gasteiger partial charge on any atom is 0.221 e. The highest BCUT2D eigenvalue weighted by Gasteiger charge is 2.27. The van der Waals surface area contributed by atoms with Crippen LogP contribution in [0.5, 0.6) is 0 Å². The molecule has 0 aliphatic heterocycles. The molecule has 0 spiro atoms. The van der Waals surface area contributed by atoms with Gasteiger partial charge in [0.15, 0.2) is 0 Å². The van der Waals surface area contributed by atoms with Crippen molar-refractivity contribution in [1.29, 1.82) is 0 Å². The second-order valence-electron chi connectivity index (χ2n) is 5.65. The zero-order valence-corrected chi connectivity index (χ0v) is 13.6. The first-order valence-corrected chi connectivity index (χ1v) is 8.68. The van der Waals surface area contributed by atoms with E-state index in [-0.39, 0.29) is 5.91 Å². The summed E-state index contributed by atoms with van der Waals surface area (Å²) in [6, 6.07) is 12.3. The molecule has 0 saturated heterocycles. The van der Waals surface area contributed by atoms with Gasteiger partial charge in [-0.3, -0.25) is 9.48 Å². The van der Waals surface area contributed by atoms with E-state index in [1.807, 2.05) is 29.9 Å². The lowest BCUT2D eigenvalue weighted by atomic mass is 10.2. The number of hydrogen-bond acceptors (Lipinski definition) is 3. The number of carbonyl (C=O) groups is 1. The minimum Gasteiger partial charge on any atom is -0.350 e. The van der Waals surface area contributed by atoms with Crippen molar-refractivity contribution in [2.24, 2.45) is 7.05 Å². The van der Waals surface area contributed by atoms with E-state index in [0.717, 1.165) is 11.4 Å². The summed E-state index contributed by atoms with van der Waals surface area (Å²) in [6.45, 7) is 0.523. The number of carbonyl (C=O) groups excluding carboxylic acids is 1. The number of nitrogens with one attached hydrogen (secondary N) is 1. The molecule has 0 unspecified atom stereocenters. The Morgan fingerprint density at radius 2 is 2.14 bits per heavy atom. The van der Waals surface area contributed by atoms with Crippen molar-refractivity contribution in [1.82, 2.24) is 15.1 Å². The third kappa shape index (κ3) is 4.13. The van der Waals surface area contributed by atoms with Crippen LogP contribution in [0.2, 0.25) is 0 Å². The number of aryl methyl sites for hydroxylation is 1. The molecule has 1 aliphatic rings. The van der Waals surface area contributed by atoms with Gasteiger partial charge < -0.3 is 5.32 Å². The molecule has 1 fully saturated rings. The number of hydrogen-bond donors (Lipinski definition) is 1. The zero-order chi connectivity index (χ0) is 15.4. The summed E-state index contributed by atoms with van der Waals surface area (Å²) in [6.07, 6.45) is 3.06. The van der Waals surface area contributed by atoms with Gasteiger partial charge in [0.1, 0.15) is 0 Å². The first-order chi connectivity index (χ1) is 10.7. The molecular formula is C17H21N3OS. The second-order valence-corrected chi connectivity index (χ2v) is 6.81. The van der Waals surface area contributed by atoms with E-state index >= 15 is 0 Å². The van der Waals surface area contributed by atoms with Crippen molar-refractivity contribution < 1.29 is 4.79 Å². The minimum absolute atomic E-state index is 0.0852. The molecule has 4 nitrogen and oxygen atoms in total. The van der Waals surface area contributed by atoms with Crippen LogP contribution in [0.1, 0.15) is 36.6 Å². The fourth-order valence-electron chi connectivity index (χ4n) is 2.45. The van der Waals surface area contributed by atoms with E-state index in [1.54, 1.807) is 11.8 Å². The summed E-state index contributed by atoms with van der Waals surface area (Å²) in [5, 5.41) is 7.43. The first kappa shape index (κ1) is 15.2. The first-order valence-electron chi connectivity index (χ1n) is 7.70. The van der Waals surface area contributed by atoms with Crippen molar-refractivity contribution in [3.63, 3.8) is 0 Å². The maximum atomic E-state index is 11.9. The Kier molecular flexibility index (Phi) is 4.83. The topological polar surface area (TPSA) is 46.9 Å². The lowest BCUT2D eigenvalue weighted by molar-refractivity contribution is -0.120. The lowest BCUT2D eigenvalue weighted by Crippen LogP contribution is -2.23. The van der Waals surface area contributed by atoms with Gasteiger partial charge in [-0.15, -0.1) is 11.8 Å². The van der Waals surface area contributed by atoms with Gasteiger partial charge in [0.2, 0.25) is 5.91 Å². The molecular weight excluding hydrogens is 294 g/mol. The molecule has 1 aromatic heterocycles. The molecule has 0 atom stereocenters. The van der Waals surface area contributed by atoms with Crippen LogP contribution in [0, 0.1) is 0 Å². The number of nitrogens with zero attached hydrogens (tertiary/aromatic N) is 2. The van der Waals surface area contributed by atoms with Crippen molar-refractivity contribution in [3.8, 4) is 0 Å². The average molecular weight is 315 g/mol. The van der Waals surface area contributed by atoms with Crippen molar-refractivity contribution in [2.45, 2.75) is 36.6 Å². The predicted octanol–water partition coefficient (Wildman–Crippen LogP) is 3.10. The van der Waals surface area contributed by atoms with E-state index < -0.39 is 0 Å². The smallest absolute Gasteiger partial charge is 0.221 e. The second kappa shape index (κ2) is 7.01. The predicted molar refractivity (Wildman–Crippen MR) is 88.8 cm³/mol. The molecule has 0 radical (unpaired) electrons. The Bertz CT molecular complexity index is 635. The van der Waals surface area contributed by atoms with Crippen LogP contribution in [0.4, 0.5) is 0 Å². The van der Waals surface area contributed by atoms with Gasteiger partial charge in [0.25, 0.3) is 0 Å². The average Bonchev–Trinajstić information content (AvgIpc) is 3.30. The fraction of sp³-hybridized carbons (Fsp3) is 0.412. The summed E-state index contributed by atoms with van der Waals surface area (Å²) >= 11 is 1.71. The Balaban J connectivity index is 1.39. The summed E-state index contributed by atoms with van der Waals surface area (Å²) in [5.74, 6) is 1.57. The van der Waals surface area contributed by atoms with Crippen LogP contribution in [0.3, 0.4) is 0 Å². The summed E-state index contributed by atoms with van der Waals surface area (Å²) in [5.41, 5.74) is 2.25. The zero-order valence-electron chi connectivity index (χ0n) is 12.8. The number of aromatic nitrogens is 2. The Morgan fingerprint density at radius 3 is 2.86 bits per heavy atom. The van der Waals surface area contributed by atoms with Gasteiger partial charge >= 0.3 is 0 Å². The van der Waals surface area contributed by atoms with Gasteiger partial charge in [0, 0.05) is 35.7 Å². The van der Waals surface area contributed by atoms with E-state index in [1.165, 1.54) is 23.4 Å². The molecule has 2 aromatic rings. The van der Waals surface area contributed by atoms with E-state index in [4.69, 9.17) is 0 Å². The van der Waals surface area contributed by atoms with E-state index in [0.29, 0.717) is 18.9 Å². The number of rotatable bonds is 7. The van der Waals surface area contributed by atoms with Gasteiger partial charge in [0.05, 0.1) is 12.2 Å². The maximum absolute atomic E-state index is 11.9. The molecule has 1 aliphatic carbocycles. The molecule has 1 heterocycles. The Morgan fingerprint density at radius 1 is 1.36 bits per heavy atom. The molecule has 3 rings (SSSR count). The van der Waals surface area contributed by atoms with Gasteiger partial charge in [-0.2, -0.15) is 5.10 Å². The monoisotopic (exact) mass is 315 g/mol. The quantitative estimate of drug-likeness (QED) is 0.799. The fourth-order valence-corrected chi connectivity index (χ4v) is 3.32. The molecule has 0 bridgehead atoms. The molecule has 1 saturated carbocycles. The van der Waals surface area contributed by atoms with E-state index in [2.05, 4.69) is 28.6 Å². The van der Waals surface area contributed by atoms with Crippen LogP contribution in [0.15, 0.2) is 41.3 Å². The molecule has 116 valence electrons. The molecule has 5 heteroatoms. The molecule has 1 amide bonds. The standard InChI is InChI=1S/C17H21N3OS/c1-20-16(13-7-8-13)11-14(19-20)12-18-17(21)9-10-22-15-5-3-2-4-6-15/h2-6,11,13H,7-10,12H2,1H3,(H,18,21). The highest BCUT2D eigenvalue weighted by atomic mass is 32.2. The Labute approximate surface area is 135 Å². The summed E-state index contributed by atoms with van der Waals surface area (Å²) < 4.78 is 1.95. The number of amides is 1. The van der Waals surface area contributed by atoms with Crippen LogP contribution in [-0.4, -0.2) is 21.4 Å². The normalized spacial score (nSPS) is 14.0. The number of thioether (sulfide) groups is 1. The highest BCUT2D eigenvalue weighted by molar-refractivity contribution is 7.99. The van der Waals surface area contributed by atoms with E-state index in [9.17, 15) is 4.79 Å². The van der Waals surface area contributed by atoms with Crippen LogP contribution < -0.4 is 5.32 Å². The van der Waals surface area contributed by atoms with Crippen molar-refractivity contribution in [3.05, 3.63) is 47.8 Å². The largest absolute Gasteiger partial charge is 0.350 e. The molecule has 1 N–H and O–H groups in total. The SMILES string of the molecule is Cn1nc(CNC(=O)CCSc2ccccc2)cc1C1CC1. The van der Waals surface area contributed by atoms with Gasteiger partial charge in [-0.25, -0.2) is 0 Å². The van der Waals surface area contributed by atoms with Crippen LogP contribution in [0.25, 0.3) is 0 Å². The van der Waals surface area contributed by atoms with Gasteiger partial charge in [-0.1, -0.05) is 18.2 Å². The molecule has 22 heavy (non-hydrogen) atoms. The van der Waals surface area contributed by atoms with Crippen molar-refractivity contribution in [2.75, 3.05) is 5.75 Å². The Hall–Kier alpha value is -1.75. The van der Waals surface area contributed by atoms with Crippen LogP contribution >= 0.6 is 11.8 Å². The van der Waals surface area contributed by atoms with Gasteiger partial charge in [-0.05, 0) is 31.0 Å². The number of benzene rings is 1. The third-order valence-corrected chi connectivity index (χ3v) is 4.78. The van der Waals surface area contributed by atoms with Crippen molar-refractivity contribution >= 4 is 17.7 Å². The highest BCUT2D eigenvalue weighted by Crippen LogP contribution is 2.39. The lowest BCUT2D eigenvalue weighted by Gasteiger charge is -2.03. The summed E-state index contributed by atoms with van der Waals surface area (Å²) in [4.78, 5) is 13.1. The minimum atomic E-state index is 0.0852. The third-order valence-electron chi connectivity index (χ3n) is 3.77.